The lowest BCUT2D eigenvalue weighted by molar-refractivity contribution is -0.134. The number of hydrogen-bond donors (Lipinski definition) is 1. The average Bonchev–Trinajstić information content (AvgIpc) is 3.25. The first-order chi connectivity index (χ1) is 13.1. The Balaban J connectivity index is 1.55. The monoisotopic (exact) mass is 369 g/mol. The first-order valence-electron chi connectivity index (χ1n) is 10.1. The van der Waals surface area contributed by atoms with E-state index in [0.717, 1.165) is 49.1 Å². The smallest absolute Gasteiger partial charge is 0.323 e. The van der Waals surface area contributed by atoms with Crippen LogP contribution in [0.3, 0.4) is 0 Å². The summed E-state index contributed by atoms with van der Waals surface area (Å²) in [7, 11) is 0. The van der Waals surface area contributed by atoms with Gasteiger partial charge in [0.2, 0.25) is 5.91 Å². The van der Waals surface area contributed by atoms with Crippen LogP contribution in [0.2, 0.25) is 0 Å². The highest BCUT2D eigenvalue weighted by Gasteiger charge is 2.53. The maximum absolute atomic E-state index is 13.2. The molecule has 1 aromatic carbocycles. The van der Waals surface area contributed by atoms with E-state index in [2.05, 4.69) is 5.32 Å². The molecule has 1 aliphatic heterocycles. The largest absolute Gasteiger partial charge is 0.325 e. The molecule has 3 aliphatic rings. The number of hydrogen-bond acceptors (Lipinski definition) is 3. The number of nitrogens with one attached hydrogen (secondary N) is 1. The standard InChI is InChI=1S/C21H27N3O3/c25-18(15-23-19(26)21(22-20(23)27)13-7-8-14-21)24(16-9-3-1-4-10-16)17-11-5-2-6-12-17/h1,3-4,9-10,17H,2,5-8,11-15H2,(H,22,27). The molecular formula is C21H27N3O3. The highest BCUT2D eigenvalue weighted by atomic mass is 16.2. The van der Waals surface area contributed by atoms with Crippen molar-refractivity contribution in [2.24, 2.45) is 0 Å². The number of para-hydroxylation sites is 1. The van der Waals surface area contributed by atoms with E-state index in [-0.39, 0.29) is 24.4 Å². The zero-order valence-corrected chi connectivity index (χ0v) is 15.7. The van der Waals surface area contributed by atoms with Crippen molar-refractivity contribution in [1.82, 2.24) is 10.2 Å². The van der Waals surface area contributed by atoms with Gasteiger partial charge in [-0.3, -0.25) is 14.5 Å². The Morgan fingerprint density at radius 2 is 1.70 bits per heavy atom. The summed E-state index contributed by atoms with van der Waals surface area (Å²) in [6, 6.07) is 9.32. The number of nitrogens with zero attached hydrogens (tertiary/aromatic N) is 2. The van der Waals surface area contributed by atoms with Crippen LogP contribution < -0.4 is 10.2 Å². The topological polar surface area (TPSA) is 69.7 Å². The molecule has 1 N–H and O–H groups in total. The minimum absolute atomic E-state index is 0.134. The summed E-state index contributed by atoms with van der Waals surface area (Å²) in [5.74, 6) is -0.401. The van der Waals surface area contributed by atoms with Gasteiger partial charge in [0.1, 0.15) is 12.1 Å². The van der Waals surface area contributed by atoms with Crippen LogP contribution in [0.1, 0.15) is 57.8 Å². The van der Waals surface area contributed by atoms with Gasteiger partial charge in [-0.25, -0.2) is 4.79 Å². The molecule has 1 heterocycles. The second-order valence-electron chi connectivity index (χ2n) is 8.00. The predicted octanol–water partition coefficient (Wildman–Crippen LogP) is 3.22. The molecule has 0 aromatic heterocycles. The zero-order valence-electron chi connectivity index (χ0n) is 15.7. The van der Waals surface area contributed by atoms with Crippen LogP contribution in [0.15, 0.2) is 30.3 Å². The fourth-order valence-corrected chi connectivity index (χ4v) is 4.83. The molecule has 4 rings (SSSR count). The maximum atomic E-state index is 13.2. The fraction of sp³-hybridized carbons (Fsp3) is 0.571. The van der Waals surface area contributed by atoms with Crippen molar-refractivity contribution in [3.05, 3.63) is 30.3 Å². The number of rotatable bonds is 4. The van der Waals surface area contributed by atoms with Gasteiger partial charge in [0.25, 0.3) is 5.91 Å². The molecule has 1 saturated heterocycles. The summed E-state index contributed by atoms with van der Waals surface area (Å²) in [5, 5.41) is 2.86. The van der Waals surface area contributed by atoms with Gasteiger partial charge in [-0.2, -0.15) is 0 Å². The second kappa shape index (κ2) is 7.33. The van der Waals surface area contributed by atoms with E-state index >= 15 is 0 Å². The normalized spacial score (nSPS) is 22.3. The molecule has 0 bridgehead atoms. The molecular weight excluding hydrogens is 342 g/mol. The molecule has 144 valence electrons. The molecule has 1 aromatic rings. The van der Waals surface area contributed by atoms with Crippen molar-refractivity contribution in [1.29, 1.82) is 0 Å². The average molecular weight is 369 g/mol. The van der Waals surface area contributed by atoms with Crippen LogP contribution in [-0.2, 0) is 9.59 Å². The van der Waals surface area contributed by atoms with Crippen molar-refractivity contribution >= 4 is 23.5 Å². The van der Waals surface area contributed by atoms with E-state index in [9.17, 15) is 14.4 Å². The Hall–Kier alpha value is -2.37. The van der Waals surface area contributed by atoms with Gasteiger partial charge in [0, 0.05) is 11.7 Å². The van der Waals surface area contributed by atoms with Crippen molar-refractivity contribution < 1.29 is 14.4 Å². The number of urea groups is 1. The number of benzene rings is 1. The number of anilines is 1. The number of carbonyl (C=O) groups excluding carboxylic acids is 3. The number of amides is 4. The lowest BCUT2D eigenvalue weighted by atomic mass is 9.93. The van der Waals surface area contributed by atoms with Gasteiger partial charge in [0.15, 0.2) is 0 Å². The summed E-state index contributed by atoms with van der Waals surface area (Å²) < 4.78 is 0. The Kier molecular flexibility index (Phi) is 4.89. The van der Waals surface area contributed by atoms with Crippen LogP contribution in [-0.4, -0.2) is 40.9 Å². The molecule has 27 heavy (non-hydrogen) atoms. The molecule has 0 unspecified atom stereocenters. The molecule has 0 radical (unpaired) electrons. The Morgan fingerprint density at radius 1 is 1.04 bits per heavy atom. The van der Waals surface area contributed by atoms with E-state index in [0.29, 0.717) is 12.8 Å². The van der Waals surface area contributed by atoms with E-state index in [1.807, 2.05) is 35.2 Å². The van der Waals surface area contributed by atoms with E-state index in [4.69, 9.17) is 0 Å². The quantitative estimate of drug-likeness (QED) is 0.829. The fourth-order valence-electron chi connectivity index (χ4n) is 4.83. The van der Waals surface area contributed by atoms with Crippen LogP contribution in [0, 0.1) is 0 Å². The van der Waals surface area contributed by atoms with E-state index in [1.54, 1.807) is 0 Å². The van der Waals surface area contributed by atoms with Gasteiger partial charge in [-0.1, -0.05) is 50.3 Å². The van der Waals surface area contributed by atoms with Crippen LogP contribution in [0.5, 0.6) is 0 Å². The summed E-state index contributed by atoms with van der Waals surface area (Å²) >= 11 is 0. The van der Waals surface area contributed by atoms with Gasteiger partial charge < -0.3 is 10.2 Å². The lowest BCUT2D eigenvalue weighted by Crippen LogP contribution is -2.49. The molecule has 2 saturated carbocycles. The van der Waals surface area contributed by atoms with Gasteiger partial charge in [0.05, 0.1) is 0 Å². The molecule has 6 nitrogen and oxygen atoms in total. The predicted molar refractivity (Wildman–Crippen MR) is 102 cm³/mol. The first-order valence-corrected chi connectivity index (χ1v) is 10.1. The molecule has 3 fully saturated rings. The zero-order chi connectivity index (χ0) is 18.9. The Bertz CT molecular complexity index is 721. The van der Waals surface area contributed by atoms with Crippen molar-refractivity contribution in [2.45, 2.75) is 69.4 Å². The molecule has 0 atom stereocenters. The molecule has 2 aliphatic carbocycles. The minimum Gasteiger partial charge on any atom is -0.323 e. The third kappa shape index (κ3) is 3.33. The lowest BCUT2D eigenvalue weighted by Gasteiger charge is -2.35. The van der Waals surface area contributed by atoms with Crippen molar-refractivity contribution in [2.75, 3.05) is 11.4 Å². The second-order valence-corrected chi connectivity index (χ2v) is 8.00. The highest BCUT2D eigenvalue weighted by molar-refractivity contribution is 6.10. The number of imide groups is 1. The summed E-state index contributed by atoms with van der Waals surface area (Å²) in [5.41, 5.74) is 0.0804. The molecule has 4 amide bonds. The summed E-state index contributed by atoms with van der Waals surface area (Å²) in [6.07, 6.45) is 8.55. The summed E-state index contributed by atoms with van der Waals surface area (Å²) in [6.45, 7) is -0.183. The Morgan fingerprint density at radius 3 is 2.37 bits per heavy atom. The van der Waals surface area contributed by atoms with Crippen LogP contribution >= 0.6 is 0 Å². The first kappa shape index (κ1) is 18.0. The summed E-state index contributed by atoms with van der Waals surface area (Å²) in [4.78, 5) is 41.5. The van der Waals surface area contributed by atoms with Gasteiger partial charge >= 0.3 is 6.03 Å². The van der Waals surface area contributed by atoms with Crippen LogP contribution in [0.4, 0.5) is 10.5 Å². The minimum atomic E-state index is -0.764. The van der Waals surface area contributed by atoms with Crippen molar-refractivity contribution in [3.8, 4) is 0 Å². The SMILES string of the molecule is O=C1NC2(CCCC2)C(=O)N1CC(=O)N(c1ccccc1)C1CCCCC1. The van der Waals surface area contributed by atoms with E-state index in [1.165, 1.54) is 6.42 Å². The van der Waals surface area contributed by atoms with Gasteiger partial charge in [-0.05, 0) is 37.8 Å². The van der Waals surface area contributed by atoms with Gasteiger partial charge in [-0.15, -0.1) is 0 Å². The third-order valence-corrected chi connectivity index (χ3v) is 6.24. The van der Waals surface area contributed by atoms with E-state index < -0.39 is 11.6 Å². The van der Waals surface area contributed by atoms with Crippen LogP contribution in [0.25, 0.3) is 0 Å². The highest BCUT2D eigenvalue weighted by Crippen LogP contribution is 2.35. The third-order valence-electron chi connectivity index (χ3n) is 6.24. The molecule has 1 spiro atoms. The Labute approximate surface area is 159 Å². The molecule has 6 heteroatoms. The van der Waals surface area contributed by atoms with Crippen molar-refractivity contribution in [3.63, 3.8) is 0 Å². The number of carbonyl (C=O) groups is 3. The maximum Gasteiger partial charge on any atom is 0.325 e.